The summed E-state index contributed by atoms with van der Waals surface area (Å²) in [4.78, 5) is 60.9. The SMILES string of the molecule is CCC(C)C(NC(=O)C(Cc1ccc(O)cc1)NC(=O)C(N)CS)C(=O)NC(CCC(=O)O)C(=O)O. The number of aromatic hydroxyl groups is 1. The largest absolute Gasteiger partial charge is 0.508 e. The van der Waals surface area contributed by atoms with Gasteiger partial charge >= 0.3 is 11.9 Å². The van der Waals surface area contributed by atoms with E-state index in [9.17, 15) is 34.2 Å². The molecule has 1 aromatic carbocycles. The molecule has 0 radical (unpaired) electrons. The maximum absolute atomic E-state index is 13.2. The van der Waals surface area contributed by atoms with E-state index in [1.165, 1.54) is 12.1 Å². The van der Waals surface area contributed by atoms with E-state index in [0.29, 0.717) is 12.0 Å². The van der Waals surface area contributed by atoms with Gasteiger partial charge in [-0.25, -0.2) is 4.79 Å². The molecule has 0 spiro atoms. The smallest absolute Gasteiger partial charge is 0.326 e. The Morgan fingerprint density at radius 2 is 1.53 bits per heavy atom. The Balaban J connectivity index is 3.12. The predicted molar refractivity (Wildman–Crippen MR) is 133 cm³/mol. The second kappa shape index (κ2) is 14.9. The number of hydrogen-bond acceptors (Lipinski definition) is 8. The van der Waals surface area contributed by atoms with Crippen LogP contribution in [0.5, 0.6) is 5.75 Å². The third kappa shape index (κ3) is 10.1. The summed E-state index contributed by atoms with van der Waals surface area (Å²) in [6.45, 7) is 3.46. The van der Waals surface area contributed by atoms with Crippen molar-refractivity contribution in [3.05, 3.63) is 29.8 Å². The van der Waals surface area contributed by atoms with Crippen molar-refractivity contribution < 1.29 is 39.3 Å². The van der Waals surface area contributed by atoms with Gasteiger partial charge in [0.05, 0.1) is 6.04 Å². The molecule has 0 saturated heterocycles. The second-order valence-corrected chi connectivity index (χ2v) is 8.79. The van der Waals surface area contributed by atoms with Crippen LogP contribution < -0.4 is 21.7 Å². The summed E-state index contributed by atoms with van der Waals surface area (Å²) < 4.78 is 0. The monoisotopic (exact) mass is 526 g/mol. The molecule has 3 amide bonds. The van der Waals surface area contributed by atoms with Gasteiger partial charge in [0.15, 0.2) is 0 Å². The number of carboxylic acids is 2. The normalized spacial score (nSPS) is 15.0. The Kier molecular flexibility index (Phi) is 12.7. The van der Waals surface area contributed by atoms with Crippen molar-refractivity contribution in [2.45, 2.75) is 63.7 Å². The number of nitrogens with one attached hydrogen (secondary N) is 3. The number of rotatable bonds is 15. The van der Waals surface area contributed by atoms with Crippen LogP contribution in [0.25, 0.3) is 0 Å². The number of thiol groups is 1. The molecule has 0 bridgehead atoms. The van der Waals surface area contributed by atoms with E-state index in [4.69, 9.17) is 10.8 Å². The maximum Gasteiger partial charge on any atom is 0.326 e. The molecule has 12 nitrogen and oxygen atoms in total. The Morgan fingerprint density at radius 3 is 2.03 bits per heavy atom. The first kappa shape index (κ1) is 30.7. The van der Waals surface area contributed by atoms with E-state index in [0.717, 1.165) is 0 Å². The first-order valence-corrected chi connectivity index (χ1v) is 12.0. The number of carbonyl (C=O) groups excluding carboxylic acids is 3. The predicted octanol–water partition coefficient (Wildman–Crippen LogP) is -0.358. The minimum Gasteiger partial charge on any atom is -0.508 e. The van der Waals surface area contributed by atoms with Crippen LogP contribution in [0.1, 0.15) is 38.7 Å². The molecule has 0 fully saturated rings. The Morgan fingerprint density at radius 1 is 0.944 bits per heavy atom. The third-order valence-corrected chi connectivity index (χ3v) is 5.99. The highest BCUT2D eigenvalue weighted by atomic mass is 32.1. The Bertz CT molecular complexity index is 927. The molecule has 0 aliphatic rings. The van der Waals surface area contributed by atoms with Gasteiger partial charge in [-0.1, -0.05) is 32.4 Å². The zero-order chi connectivity index (χ0) is 27.4. The third-order valence-electron chi connectivity index (χ3n) is 5.60. The molecule has 0 aliphatic carbocycles. The number of carboxylic acid groups (broad SMARTS) is 2. The molecular formula is C23H34N4O8S. The summed E-state index contributed by atoms with van der Waals surface area (Å²) in [6.07, 6.45) is -0.338. The lowest BCUT2D eigenvalue weighted by Crippen LogP contribution is -2.59. The van der Waals surface area contributed by atoms with Crippen LogP contribution in [0.3, 0.4) is 0 Å². The standard InChI is InChI=1S/C23H34N4O8S/c1-3-12(2)19(22(33)25-16(23(34)35)8-9-18(29)30)27-21(32)17(26-20(31)15(24)11-36)10-13-4-6-14(28)7-5-13/h4-7,12,15-17,19,28,36H,3,8-11,24H2,1-2H3,(H,25,33)(H,26,31)(H,27,32)(H,29,30)(H,34,35). The Labute approximate surface area is 214 Å². The highest BCUT2D eigenvalue weighted by Gasteiger charge is 2.33. The van der Waals surface area contributed by atoms with Crippen LogP contribution in [0.4, 0.5) is 0 Å². The molecule has 200 valence electrons. The number of phenolic OH excluding ortho intramolecular Hbond substituents is 1. The molecule has 0 saturated carbocycles. The van der Waals surface area contributed by atoms with Gasteiger partial charge in [-0.05, 0) is 30.0 Å². The highest BCUT2D eigenvalue weighted by Crippen LogP contribution is 2.13. The van der Waals surface area contributed by atoms with Gasteiger partial charge in [-0.15, -0.1) is 0 Å². The van der Waals surface area contributed by atoms with E-state index in [-0.39, 0.29) is 24.3 Å². The van der Waals surface area contributed by atoms with Crippen LogP contribution >= 0.6 is 12.6 Å². The average molecular weight is 527 g/mol. The van der Waals surface area contributed by atoms with Gasteiger partial charge in [0.1, 0.15) is 23.9 Å². The maximum atomic E-state index is 13.2. The summed E-state index contributed by atoms with van der Waals surface area (Å²) in [5.41, 5.74) is 6.32. The number of hydrogen-bond donors (Lipinski definition) is 8. The first-order chi connectivity index (χ1) is 16.9. The summed E-state index contributed by atoms with van der Waals surface area (Å²) in [6, 6.07) is 1.23. The van der Waals surface area contributed by atoms with Gasteiger partial charge in [-0.3, -0.25) is 19.2 Å². The average Bonchev–Trinajstić information content (AvgIpc) is 2.84. The summed E-state index contributed by atoms with van der Waals surface area (Å²) >= 11 is 3.99. The van der Waals surface area contributed by atoms with E-state index in [1.54, 1.807) is 26.0 Å². The van der Waals surface area contributed by atoms with Crippen molar-refractivity contribution in [3.63, 3.8) is 0 Å². The van der Waals surface area contributed by atoms with Crippen molar-refractivity contribution in [1.82, 2.24) is 16.0 Å². The van der Waals surface area contributed by atoms with Crippen molar-refractivity contribution in [1.29, 1.82) is 0 Å². The van der Waals surface area contributed by atoms with Gasteiger partial charge < -0.3 is 37.0 Å². The number of carbonyl (C=O) groups is 5. The molecule has 1 rings (SSSR count). The minimum absolute atomic E-state index is 0.0162. The first-order valence-electron chi connectivity index (χ1n) is 11.4. The molecule has 5 unspecified atom stereocenters. The number of amides is 3. The summed E-state index contributed by atoms with van der Waals surface area (Å²) in [5.74, 6) is -5.13. The number of aliphatic carboxylic acids is 2. The molecule has 0 heterocycles. The van der Waals surface area contributed by atoms with Gasteiger partial charge in [-0.2, -0.15) is 12.6 Å². The molecule has 0 aromatic heterocycles. The zero-order valence-corrected chi connectivity index (χ0v) is 21.0. The topological polar surface area (TPSA) is 208 Å². The van der Waals surface area contributed by atoms with E-state index >= 15 is 0 Å². The van der Waals surface area contributed by atoms with Crippen LogP contribution in [-0.4, -0.2) is 74.9 Å². The fourth-order valence-electron chi connectivity index (χ4n) is 3.18. The van der Waals surface area contributed by atoms with E-state index in [2.05, 4.69) is 28.6 Å². The molecule has 5 atom stereocenters. The van der Waals surface area contributed by atoms with Crippen molar-refractivity contribution in [2.75, 3.05) is 5.75 Å². The van der Waals surface area contributed by atoms with E-state index in [1.807, 2.05) is 0 Å². The van der Waals surface area contributed by atoms with Crippen LogP contribution in [0.2, 0.25) is 0 Å². The summed E-state index contributed by atoms with van der Waals surface area (Å²) in [5, 5.41) is 35.1. The molecule has 13 heteroatoms. The minimum atomic E-state index is -1.46. The highest BCUT2D eigenvalue weighted by molar-refractivity contribution is 7.80. The number of nitrogens with two attached hydrogens (primary N) is 1. The van der Waals surface area contributed by atoms with Crippen molar-refractivity contribution >= 4 is 42.3 Å². The lowest BCUT2D eigenvalue weighted by molar-refractivity contribution is -0.143. The quantitative estimate of drug-likeness (QED) is 0.140. The second-order valence-electron chi connectivity index (χ2n) is 8.42. The summed E-state index contributed by atoms with van der Waals surface area (Å²) in [7, 11) is 0. The molecule has 36 heavy (non-hydrogen) atoms. The van der Waals surface area contributed by atoms with Crippen molar-refractivity contribution in [2.24, 2.45) is 11.7 Å². The molecular weight excluding hydrogens is 492 g/mol. The van der Waals surface area contributed by atoms with Gasteiger partial charge in [0, 0.05) is 18.6 Å². The fraction of sp³-hybridized carbons (Fsp3) is 0.522. The van der Waals surface area contributed by atoms with Gasteiger partial charge in [0.2, 0.25) is 17.7 Å². The molecule has 0 aliphatic heterocycles. The van der Waals surface area contributed by atoms with E-state index < -0.39 is 66.2 Å². The number of benzene rings is 1. The molecule has 1 aromatic rings. The van der Waals surface area contributed by atoms with Crippen molar-refractivity contribution in [3.8, 4) is 5.75 Å². The van der Waals surface area contributed by atoms with Gasteiger partial charge in [0.25, 0.3) is 0 Å². The molecule has 8 N–H and O–H groups in total. The van der Waals surface area contributed by atoms with Crippen LogP contribution in [0.15, 0.2) is 24.3 Å². The Hall–Kier alpha value is -3.32. The fourth-order valence-corrected chi connectivity index (χ4v) is 3.35. The lowest BCUT2D eigenvalue weighted by atomic mass is 9.96. The lowest BCUT2D eigenvalue weighted by Gasteiger charge is -2.28. The zero-order valence-electron chi connectivity index (χ0n) is 20.1. The van der Waals surface area contributed by atoms with Crippen LogP contribution in [-0.2, 0) is 30.4 Å². The number of phenols is 1. The van der Waals surface area contributed by atoms with Crippen LogP contribution in [0, 0.1) is 5.92 Å².